The van der Waals surface area contributed by atoms with E-state index in [0.717, 1.165) is 12.8 Å². The number of phenols is 1. The SMILES string of the molecule is COc1cc(/C=C(\C#N)C(=O)N2CCCC2)ccc1O. The molecule has 104 valence electrons. The van der Waals surface area contributed by atoms with Crippen molar-refractivity contribution in [2.45, 2.75) is 12.8 Å². The first-order valence-electron chi connectivity index (χ1n) is 6.44. The Bertz CT molecular complexity index is 581. The molecule has 0 aliphatic carbocycles. The smallest absolute Gasteiger partial charge is 0.264 e. The molecule has 1 N–H and O–H groups in total. The number of benzene rings is 1. The van der Waals surface area contributed by atoms with E-state index in [1.54, 1.807) is 17.0 Å². The average molecular weight is 272 g/mol. The van der Waals surface area contributed by atoms with Gasteiger partial charge >= 0.3 is 0 Å². The van der Waals surface area contributed by atoms with Crippen LogP contribution in [0.15, 0.2) is 23.8 Å². The summed E-state index contributed by atoms with van der Waals surface area (Å²) in [6.07, 6.45) is 3.48. The number of hydrogen-bond acceptors (Lipinski definition) is 4. The van der Waals surface area contributed by atoms with Gasteiger partial charge in [0.25, 0.3) is 5.91 Å². The van der Waals surface area contributed by atoms with Gasteiger partial charge in [0, 0.05) is 13.1 Å². The molecule has 0 bridgehead atoms. The zero-order valence-electron chi connectivity index (χ0n) is 11.3. The first-order valence-corrected chi connectivity index (χ1v) is 6.44. The summed E-state index contributed by atoms with van der Waals surface area (Å²) in [7, 11) is 1.45. The predicted molar refractivity (Wildman–Crippen MR) is 74.1 cm³/mol. The third-order valence-corrected chi connectivity index (χ3v) is 3.26. The van der Waals surface area contributed by atoms with E-state index in [1.807, 2.05) is 6.07 Å². The van der Waals surface area contributed by atoms with Gasteiger partial charge in [0.15, 0.2) is 11.5 Å². The van der Waals surface area contributed by atoms with E-state index in [-0.39, 0.29) is 17.2 Å². The maximum absolute atomic E-state index is 12.2. The normalized spacial score (nSPS) is 15.0. The minimum atomic E-state index is -0.239. The minimum absolute atomic E-state index is 0.0222. The van der Waals surface area contributed by atoms with Gasteiger partial charge in [-0.05, 0) is 36.6 Å². The van der Waals surface area contributed by atoms with Gasteiger partial charge in [0.2, 0.25) is 0 Å². The van der Waals surface area contributed by atoms with Crippen molar-refractivity contribution < 1.29 is 14.6 Å². The highest BCUT2D eigenvalue weighted by molar-refractivity contribution is 6.01. The highest BCUT2D eigenvalue weighted by Crippen LogP contribution is 2.27. The van der Waals surface area contributed by atoms with Crippen molar-refractivity contribution >= 4 is 12.0 Å². The van der Waals surface area contributed by atoms with E-state index >= 15 is 0 Å². The van der Waals surface area contributed by atoms with Gasteiger partial charge in [-0.2, -0.15) is 5.26 Å². The molecule has 1 aliphatic rings. The van der Waals surface area contributed by atoms with Crippen LogP contribution in [0.2, 0.25) is 0 Å². The monoisotopic (exact) mass is 272 g/mol. The molecule has 1 aliphatic heterocycles. The van der Waals surface area contributed by atoms with Crippen LogP contribution in [0.1, 0.15) is 18.4 Å². The molecule has 0 aromatic heterocycles. The van der Waals surface area contributed by atoms with Crippen LogP contribution in [0.4, 0.5) is 0 Å². The number of carbonyl (C=O) groups excluding carboxylic acids is 1. The number of aromatic hydroxyl groups is 1. The molecule has 0 atom stereocenters. The lowest BCUT2D eigenvalue weighted by Crippen LogP contribution is -2.28. The summed E-state index contributed by atoms with van der Waals surface area (Å²) in [5, 5.41) is 18.7. The summed E-state index contributed by atoms with van der Waals surface area (Å²) in [5.74, 6) is 0.0933. The number of nitriles is 1. The van der Waals surface area contributed by atoms with Gasteiger partial charge in [-0.15, -0.1) is 0 Å². The Hall–Kier alpha value is -2.48. The summed E-state index contributed by atoms with van der Waals surface area (Å²) < 4.78 is 5.00. The first kappa shape index (κ1) is 13.9. The molecule has 0 radical (unpaired) electrons. The maximum atomic E-state index is 12.2. The molecule has 20 heavy (non-hydrogen) atoms. The third-order valence-electron chi connectivity index (χ3n) is 3.26. The Kier molecular flexibility index (Phi) is 4.26. The Labute approximate surface area is 117 Å². The molecule has 0 saturated carbocycles. The summed E-state index contributed by atoms with van der Waals surface area (Å²) in [6, 6.07) is 6.64. The maximum Gasteiger partial charge on any atom is 0.264 e. The lowest BCUT2D eigenvalue weighted by molar-refractivity contribution is -0.125. The molecule has 0 spiro atoms. The van der Waals surface area contributed by atoms with Crippen LogP contribution in [0, 0.1) is 11.3 Å². The fourth-order valence-electron chi connectivity index (χ4n) is 2.18. The van der Waals surface area contributed by atoms with Crippen molar-refractivity contribution in [2.24, 2.45) is 0 Å². The standard InChI is InChI=1S/C15H16N2O3/c1-20-14-9-11(4-5-13(14)18)8-12(10-16)15(19)17-6-2-3-7-17/h4-5,8-9,18H,2-3,6-7H2,1H3/b12-8+. The van der Waals surface area contributed by atoms with E-state index in [0.29, 0.717) is 24.4 Å². The molecule has 1 heterocycles. The van der Waals surface area contributed by atoms with Crippen LogP contribution >= 0.6 is 0 Å². The highest BCUT2D eigenvalue weighted by Gasteiger charge is 2.21. The molecule has 1 saturated heterocycles. The van der Waals surface area contributed by atoms with Crippen LogP contribution in [0.5, 0.6) is 11.5 Å². The molecule has 5 nitrogen and oxygen atoms in total. The number of methoxy groups -OCH3 is 1. The number of ether oxygens (including phenoxy) is 1. The van der Waals surface area contributed by atoms with E-state index < -0.39 is 0 Å². The second kappa shape index (κ2) is 6.11. The minimum Gasteiger partial charge on any atom is -0.504 e. The largest absolute Gasteiger partial charge is 0.504 e. The molecular formula is C15H16N2O3. The highest BCUT2D eigenvalue weighted by atomic mass is 16.5. The topological polar surface area (TPSA) is 73.6 Å². The number of nitrogens with zero attached hydrogens (tertiary/aromatic N) is 2. The fraction of sp³-hybridized carbons (Fsp3) is 0.333. The molecule has 1 aromatic carbocycles. The fourth-order valence-corrected chi connectivity index (χ4v) is 2.18. The van der Waals surface area contributed by atoms with Gasteiger partial charge in [-0.25, -0.2) is 0 Å². The molecule has 1 amide bonds. The van der Waals surface area contributed by atoms with Crippen molar-refractivity contribution in [3.05, 3.63) is 29.3 Å². The first-order chi connectivity index (χ1) is 9.65. The van der Waals surface area contributed by atoms with Crippen molar-refractivity contribution in [3.8, 4) is 17.6 Å². The van der Waals surface area contributed by atoms with Gasteiger partial charge in [0.1, 0.15) is 11.6 Å². The van der Waals surface area contributed by atoms with Crippen molar-refractivity contribution in [2.75, 3.05) is 20.2 Å². The zero-order valence-corrected chi connectivity index (χ0v) is 11.3. The van der Waals surface area contributed by atoms with Crippen molar-refractivity contribution in [3.63, 3.8) is 0 Å². The van der Waals surface area contributed by atoms with E-state index in [4.69, 9.17) is 10.00 Å². The summed E-state index contributed by atoms with van der Waals surface area (Å²) >= 11 is 0. The second-order valence-electron chi connectivity index (χ2n) is 4.60. The Morgan fingerprint density at radius 1 is 1.45 bits per heavy atom. The van der Waals surface area contributed by atoms with Crippen molar-refractivity contribution in [1.29, 1.82) is 5.26 Å². The lowest BCUT2D eigenvalue weighted by atomic mass is 10.1. The van der Waals surface area contributed by atoms with E-state index in [9.17, 15) is 9.90 Å². The number of carbonyl (C=O) groups is 1. The quantitative estimate of drug-likeness (QED) is 0.674. The third kappa shape index (κ3) is 2.91. The van der Waals surface area contributed by atoms with Gasteiger partial charge in [-0.1, -0.05) is 6.07 Å². The van der Waals surface area contributed by atoms with Gasteiger partial charge < -0.3 is 14.7 Å². The van der Waals surface area contributed by atoms with Crippen LogP contribution in [-0.2, 0) is 4.79 Å². The number of phenolic OH excluding ortho intramolecular Hbond substituents is 1. The average Bonchev–Trinajstić information content (AvgIpc) is 2.99. The Morgan fingerprint density at radius 2 is 2.15 bits per heavy atom. The van der Waals surface area contributed by atoms with Crippen molar-refractivity contribution in [1.82, 2.24) is 4.90 Å². The lowest BCUT2D eigenvalue weighted by Gasteiger charge is -2.14. The summed E-state index contributed by atoms with van der Waals surface area (Å²) in [5.41, 5.74) is 0.739. The van der Waals surface area contributed by atoms with E-state index in [2.05, 4.69) is 0 Å². The van der Waals surface area contributed by atoms with Gasteiger partial charge in [-0.3, -0.25) is 4.79 Å². The molecular weight excluding hydrogens is 256 g/mol. The van der Waals surface area contributed by atoms with Crippen LogP contribution in [0.3, 0.4) is 0 Å². The molecule has 1 aromatic rings. The van der Waals surface area contributed by atoms with Crippen LogP contribution in [-0.4, -0.2) is 36.1 Å². The summed E-state index contributed by atoms with van der Waals surface area (Å²) in [6.45, 7) is 1.41. The van der Waals surface area contributed by atoms with Crippen LogP contribution in [0.25, 0.3) is 6.08 Å². The Balaban J connectivity index is 2.26. The zero-order chi connectivity index (χ0) is 14.5. The van der Waals surface area contributed by atoms with E-state index in [1.165, 1.54) is 19.3 Å². The predicted octanol–water partition coefficient (Wildman–Crippen LogP) is 1.93. The van der Waals surface area contributed by atoms with Gasteiger partial charge in [0.05, 0.1) is 7.11 Å². The number of hydrogen-bond donors (Lipinski definition) is 1. The number of likely N-dealkylation sites (tertiary alicyclic amines) is 1. The molecule has 0 unspecified atom stereocenters. The molecule has 5 heteroatoms. The molecule has 1 fully saturated rings. The summed E-state index contributed by atoms with van der Waals surface area (Å²) in [4.78, 5) is 13.8. The Morgan fingerprint density at radius 3 is 2.75 bits per heavy atom. The van der Waals surface area contributed by atoms with Crippen LogP contribution < -0.4 is 4.74 Å². The molecule has 2 rings (SSSR count). The number of rotatable bonds is 3. The second-order valence-corrected chi connectivity index (χ2v) is 4.60. The number of amides is 1.